The van der Waals surface area contributed by atoms with Crippen molar-refractivity contribution < 1.29 is 8.78 Å². The van der Waals surface area contributed by atoms with Gasteiger partial charge in [0, 0.05) is 10.4 Å². The topological polar surface area (TPSA) is 26.0 Å². The molecule has 4 heteroatoms. The molecular formula is C13H13F2NS. The Morgan fingerprint density at radius 3 is 2.35 bits per heavy atom. The summed E-state index contributed by atoms with van der Waals surface area (Å²) < 4.78 is 27.3. The Kier molecular flexibility index (Phi) is 3.26. The smallest absolute Gasteiger partial charge is 0.164 e. The highest BCUT2D eigenvalue weighted by Gasteiger charge is 2.19. The van der Waals surface area contributed by atoms with Crippen LogP contribution in [-0.2, 0) is 0 Å². The first-order valence-electron chi connectivity index (χ1n) is 5.26. The molecule has 0 amide bonds. The highest BCUT2D eigenvalue weighted by atomic mass is 32.1. The molecule has 0 bridgehead atoms. The van der Waals surface area contributed by atoms with Crippen molar-refractivity contribution in [3.8, 4) is 0 Å². The lowest BCUT2D eigenvalue weighted by atomic mass is 10.0. The van der Waals surface area contributed by atoms with Crippen LogP contribution < -0.4 is 5.73 Å². The number of thiophene rings is 1. The SMILES string of the molecule is Cc1ccsc1C(N)c1ccc(C)c(F)c1F. The van der Waals surface area contributed by atoms with E-state index in [-0.39, 0.29) is 5.56 Å². The highest BCUT2D eigenvalue weighted by Crippen LogP contribution is 2.30. The third-order valence-corrected chi connectivity index (χ3v) is 3.93. The number of rotatable bonds is 2. The van der Waals surface area contributed by atoms with E-state index >= 15 is 0 Å². The summed E-state index contributed by atoms with van der Waals surface area (Å²) in [5, 5.41) is 1.90. The molecule has 1 aromatic heterocycles. The zero-order valence-corrected chi connectivity index (χ0v) is 10.4. The number of benzene rings is 1. The first-order valence-corrected chi connectivity index (χ1v) is 6.14. The van der Waals surface area contributed by atoms with E-state index in [1.54, 1.807) is 12.1 Å². The molecule has 2 N–H and O–H groups in total. The van der Waals surface area contributed by atoms with Crippen molar-refractivity contribution in [3.05, 3.63) is 56.8 Å². The monoisotopic (exact) mass is 253 g/mol. The van der Waals surface area contributed by atoms with Crippen LogP contribution in [0.3, 0.4) is 0 Å². The highest BCUT2D eigenvalue weighted by molar-refractivity contribution is 7.10. The van der Waals surface area contributed by atoms with Gasteiger partial charge in [-0.3, -0.25) is 0 Å². The molecule has 0 aliphatic carbocycles. The molecular weight excluding hydrogens is 240 g/mol. The Hall–Kier alpha value is -1.26. The van der Waals surface area contributed by atoms with Crippen LogP contribution in [0.25, 0.3) is 0 Å². The van der Waals surface area contributed by atoms with E-state index in [1.807, 2.05) is 18.4 Å². The lowest BCUT2D eigenvalue weighted by Gasteiger charge is -2.13. The van der Waals surface area contributed by atoms with Crippen molar-refractivity contribution in [2.75, 3.05) is 0 Å². The van der Waals surface area contributed by atoms with E-state index in [0.29, 0.717) is 5.56 Å². The zero-order chi connectivity index (χ0) is 12.6. The van der Waals surface area contributed by atoms with E-state index in [2.05, 4.69) is 0 Å². The molecule has 0 saturated heterocycles. The van der Waals surface area contributed by atoms with Crippen molar-refractivity contribution in [2.24, 2.45) is 5.73 Å². The van der Waals surface area contributed by atoms with E-state index in [1.165, 1.54) is 18.3 Å². The third-order valence-electron chi connectivity index (χ3n) is 2.82. The lowest BCUT2D eigenvalue weighted by molar-refractivity contribution is 0.490. The Morgan fingerprint density at radius 1 is 1.06 bits per heavy atom. The first-order chi connectivity index (χ1) is 8.02. The van der Waals surface area contributed by atoms with E-state index in [4.69, 9.17) is 5.73 Å². The van der Waals surface area contributed by atoms with Crippen molar-refractivity contribution in [1.82, 2.24) is 0 Å². The second kappa shape index (κ2) is 4.55. The molecule has 90 valence electrons. The van der Waals surface area contributed by atoms with Crippen LogP contribution in [0.5, 0.6) is 0 Å². The van der Waals surface area contributed by atoms with Gasteiger partial charge in [-0.2, -0.15) is 0 Å². The Bertz CT molecular complexity index is 548. The van der Waals surface area contributed by atoms with Crippen LogP contribution in [0.2, 0.25) is 0 Å². The predicted octanol–water partition coefficient (Wildman–Crippen LogP) is 3.69. The average molecular weight is 253 g/mol. The van der Waals surface area contributed by atoms with Gasteiger partial charge in [0.2, 0.25) is 0 Å². The molecule has 1 heterocycles. The maximum atomic E-state index is 13.8. The molecule has 1 atom stereocenters. The second-order valence-corrected chi connectivity index (χ2v) is 4.99. The molecule has 2 aromatic rings. The van der Waals surface area contributed by atoms with E-state index in [0.717, 1.165) is 10.4 Å². The van der Waals surface area contributed by atoms with Gasteiger partial charge in [-0.15, -0.1) is 11.3 Å². The predicted molar refractivity (Wildman–Crippen MR) is 66.2 cm³/mol. The minimum absolute atomic E-state index is 0.207. The largest absolute Gasteiger partial charge is 0.320 e. The maximum Gasteiger partial charge on any atom is 0.164 e. The Morgan fingerprint density at radius 2 is 1.76 bits per heavy atom. The summed E-state index contributed by atoms with van der Waals surface area (Å²) in [4.78, 5) is 0.868. The summed E-state index contributed by atoms with van der Waals surface area (Å²) in [6.07, 6.45) is 0. The van der Waals surface area contributed by atoms with Gasteiger partial charge in [-0.1, -0.05) is 12.1 Å². The number of aryl methyl sites for hydroxylation is 2. The summed E-state index contributed by atoms with van der Waals surface area (Å²) in [6.45, 7) is 3.44. The van der Waals surface area contributed by atoms with Gasteiger partial charge >= 0.3 is 0 Å². The molecule has 0 spiro atoms. The van der Waals surface area contributed by atoms with Crippen LogP contribution >= 0.6 is 11.3 Å². The normalized spacial score (nSPS) is 12.8. The van der Waals surface area contributed by atoms with Gasteiger partial charge in [0.05, 0.1) is 6.04 Å². The van der Waals surface area contributed by atoms with Crippen molar-refractivity contribution in [2.45, 2.75) is 19.9 Å². The lowest BCUT2D eigenvalue weighted by Crippen LogP contribution is -2.14. The van der Waals surface area contributed by atoms with Crippen LogP contribution in [-0.4, -0.2) is 0 Å². The van der Waals surface area contributed by atoms with Gasteiger partial charge in [-0.25, -0.2) is 8.78 Å². The number of halogens is 2. The molecule has 1 aromatic carbocycles. The standard InChI is InChI=1S/C13H13F2NS/c1-7-3-4-9(11(15)10(7)14)12(16)13-8(2)5-6-17-13/h3-6,12H,16H2,1-2H3. The van der Waals surface area contributed by atoms with Crippen molar-refractivity contribution in [3.63, 3.8) is 0 Å². The first kappa shape index (κ1) is 12.2. The van der Waals surface area contributed by atoms with Crippen molar-refractivity contribution in [1.29, 1.82) is 0 Å². The number of nitrogens with two attached hydrogens (primary N) is 1. The van der Waals surface area contributed by atoms with Crippen molar-refractivity contribution >= 4 is 11.3 Å². The minimum atomic E-state index is -0.842. The minimum Gasteiger partial charge on any atom is -0.320 e. The Balaban J connectivity index is 2.48. The molecule has 0 aliphatic heterocycles. The Labute approximate surface area is 103 Å². The van der Waals surface area contributed by atoms with E-state index < -0.39 is 17.7 Å². The van der Waals surface area contributed by atoms with Crippen LogP contribution in [0.15, 0.2) is 23.6 Å². The molecule has 0 aliphatic rings. The molecule has 0 fully saturated rings. The summed E-state index contributed by atoms with van der Waals surface area (Å²) in [6, 6.07) is 4.42. The zero-order valence-electron chi connectivity index (χ0n) is 9.63. The molecule has 1 nitrogen and oxygen atoms in total. The number of hydrogen-bond donors (Lipinski definition) is 1. The van der Waals surface area contributed by atoms with Gasteiger partial charge in [0.1, 0.15) is 0 Å². The summed E-state index contributed by atoms with van der Waals surface area (Å²) in [5.41, 5.74) is 7.49. The van der Waals surface area contributed by atoms with Gasteiger partial charge < -0.3 is 5.73 Å². The van der Waals surface area contributed by atoms with Gasteiger partial charge in [0.25, 0.3) is 0 Å². The third kappa shape index (κ3) is 2.10. The van der Waals surface area contributed by atoms with Crippen LogP contribution in [0.1, 0.15) is 27.6 Å². The number of hydrogen-bond acceptors (Lipinski definition) is 2. The molecule has 2 rings (SSSR count). The summed E-state index contributed by atoms with van der Waals surface area (Å²) >= 11 is 1.46. The summed E-state index contributed by atoms with van der Waals surface area (Å²) in [5.74, 6) is -1.66. The van der Waals surface area contributed by atoms with Gasteiger partial charge in [0.15, 0.2) is 11.6 Å². The van der Waals surface area contributed by atoms with E-state index in [9.17, 15) is 8.78 Å². The summed E-state index contributed by atoms with van der Waals surface area (Å²) in [7, 11) is 0. The molecule has 0 radical (unpaired) electrons. The second-order valence-electron chi connectivity index (χ2n) is 4.05. The molecule has 1 unspecified atom stereocenters. The fourth-order valence-electron chi connectivity index (χ4n) is 1.75. The molecule has 0 saturated carbocycles. The quantitative estimate of drug-likeness (QED) is 0.867. The maximum absolute atomic E-state index is 13.8. The van der Waals surface area contributed by atoms with Crippen LogP contribution in [0.4, 0.5) is 8.78 Å². The van der Waals surface area contributed by atoms with Crippen LogP contribution in [0, 0.1) is 25.5 Å². The average Bonchev–Trinajstić information content (AvgIpc) is 2.72. The fraction of sp³-hybridized carbons (Fsp3) is 0.231. The van der Waals surface area contributed by atoms with Gasteiger partial charge in [-0.05, 0) is 36.4 Å². The molecule has 17 heavy (non-hydrogen) atoms. The fourth-order valence-corrected chi connectivity index (χ4v) is 2.69.